The Morgan fingerprint density at radius 3 is 2.33 bits per heavy atom. The predicted octanol–water partition coefficient (Wildman–Crippen LogP) is 0.0749. The lowest BCUT2D eigenvalue weighted by Gasteiger charge is -2.22. The molecule has 0 spiro atoms. The largest absolute Gasteiger partial charge is 0.481 e. The zero-order valence-electron chi connectivity index (χ0n) is 13.6. The van der Waals surface area contributed by atoms with Crippen molar-refractivity contribution in [3.8, 4) is 5.75 Å². The number of methoxy groups -OCH3 is 1. The summed E-state index contributed by atoms with van der Waals surface area (Å²) in [6.07, 6.45) is -1.10. The second-order valence-corrected chi connectivity index (χ2v) is 5.04. The number of aliphatic carboxylic acids is 1. The van der Waals surface area contributed by atoms with Crippen LogP contribution in [0.2, 0.25) is 0 Å². The summed E-state index contributed by atoms with van der Waals surface area (Å²) < 4.78 is 10.00. The summed E-state index contributed by atoms with van der Waals surface area (Å²) >= 11 is 0. The van der Waals surface area contributed by atoms with Gasteiger partial charge in [0.15, 0.2) is 0 Å². The van der Waals surface area contributed by atoms with Crippen LogP contribution in [0.1, 0.15) is 12.0 Å². The van der Waals surface area contributed by atoms with Gasteiger partial charge in [0.25, 0.3) is 12.0 Å². The number of benzene rings is 1. The van der Waals surface area contributed by atoms with Gasteiger partial charge < -0.3 is 24.6 Å². The zero-order chi connectivity index (χ0) is 18.1. The first-order valence-electron chi connectivity index (χ1n) is 7.30. The van der Waals surface area contributed by atoms with Crippen molar-refractivity contribution in [2.45, 2.75) is 18.9 Å². The number of ether oxygens (including phenoxy) is 2. The third kappa shape index (κ3) is 5.88. The van der Waals surface area contributed by atoms with Gasteiger partial charge in [-0.05, 0) is 24.1 Å². The van der Waals surface area contributed by atoms with E-state index in [1.165, 1.54) is 11.9 Å². The molecule has 0 aliphatic rings. The number of carboxylic acid groups (broad SMARTS) is 1. The summed E-state index contributed by atoms with van der Waals surface area (Å²) in [6, 6.07) is 6.42. The van der Waals surface area contributed by atoms with E-state index in [0.29, 0.717) is 6.42 Å². The van der Waals surface area contributed by atoms with Gasteiger partial charge in [-0.25, -0.2) is 4.79 Å². The summed E-state index contributed by atoms with van der Waals surface area (Å²) in [5.41, 5.74) is 0.795. The lowest BCUT2D eigenvalue weighted by Crippen LogP contribution is -2.46. The number of carbonyl (C=O) groups is 3. The highest BCUT2D eigenvalue weighted by atomic mass is 16.6. The molecule has 0 aliphatic heterocycles. The van der Waals surface area contributed by atoms with Gasteiger partial charge in [-0.1, -0.05) is 12.1 Å². The van der Waals surface area contributed by atoms with Gasteiger partial charge in [0.2, 0.25) is 0 Å². The van der Waals surface area contributed by atoms with E-state index in [9.17, 15) is 14.4 Å². The van der Waals surface area contributed by atoms with E-state index in [4.69, 9.17) is 14.9 Å². The minimum atomic E-state index is -1.48. The molecule has 0 aliphatic carbocycles. The maximum absolute atomic E-state index is 12.2. The van der Waals surface area contributed by atoms with Gasteiger partial charge >= 0.3 is 11.9 Å². The monoisotopic (exact) mass is 339 g/mol. The molecule has 8 heteroatoms. The first-order valence-corrected chi connectivity index (χ1v) is 7.30. The van der Waals surface area contributed by atoms with Gasteiger partial charge in [-0.2, -0.15) is 0 Å². The lowest BCUT2D eigenvalue weighted by atomic mass is 10.1. The normalized spacial score (nSPS) is 11.5. The maximum Gasteiger partial charge on any atom is 0.357 e. The smallest absolute Gasteiger partial charge is 0.357 e. The molecule has 1 aromatic rings. The SMILES string of the molecule is COC(=O)C(Oc1ccc(CCC(=O)O)cc1)C(=O)N(C)CCO. The summed E-state index contributed by atoms with van der Waals surface area (Å²) in [7, 11) is 2.58. The Bertz CT molecular complexity index is 570. The molecule has 0 saturated carbocycles. The van der Waals surface area contributed by atoms with Crippen molar-refractivity contribution < 1.29 is 34.1 Å². The number of amides is 1. The number of hydrogen-bond acceptors (Lipinski definition) is 6. The van der Waals surface area contributed by atoms with Crippen molar-refractivity contribution in [3.05, 3.63) is 29.8 Å². The van der Waals surface area contributed by atoms with Crippen LogP contribution in [0.5, 0.6) is 5.75 Å². The zero-order valence-corrected chi connectivity index (χ0v) is 13.6. The molecule has 1 amide bonds. The van der Waals surface area contributed by atoms with Gasteiger partial charge in [0, 0.05) is 20.0 Å². The third-order valence-corrected chi connectivity index (χ3v) is 3.26. The highest BCUT2D eigenvalue weighted by Crippen LogP contribution is 2.16. The Balaban J connectivity index is 2.81. The minimum Gasteiger partial charge on any atom is -0.481 e. The Morgan fingerprint density at radius 1 is 1.21 bits per heavy atom. The van der Waals surface area contributed by atoms with Crippen LogP contribution in [-0.2, 0) is 25.5 Å². The molecular weight excluding hydrogens is 318 g/mol. The first-order chi connectivity index (χ1) is 11.4. The third-order valence-electron chi connectivity index (χ3n) is 3.26. The van der Waals surface area contributed by atoms with E-state index in [1.807, 2.05) is 0 Å². The Morgan fingerprint density at radius 2 is 1.83 bits per heavy atom. The van der Waals surface area contributed by atoms with Gasteiger partial charge in [0.1, 0.15) is 5.75 Å². The summed E-state index contributed by atoms with van der Waals surface area (Å²) in [5, 5.41) is 17.5. The summed E-state index contributed by atoms with van der Waals surface area (Å²) in [5.74, 6) is -2.10. The first kappa shape index (κ1) is 19.4. The number of rotatable bonds is 9. The molecule has 1 aromatic carbocycles. The number of nitrogens with zero attached hydrogens (tertiary/aromatic N) is 1. The van der Waals surface area contributed by atoms with Crippen LogP contribution in [0.4, 0.5) is 0 Å². The highest BCUT2D eigenvalue weighted by molar-refractivity contribution is 6.01. The van der Waals surface area contributed by atoms with Crippen molar-refractivity contribution in [1.82, 2.24) is 4.90 Å². The topological polar surface area (TPSA) is 113 Å². The molecular formula is C16H21NO7. The second kappa shape index (κ2) is 9.51. The van der Waals surface area contributed by atoms with Crippen LogP contribution in [0.15, 0.2) is 24.3 Å². The number of esters is 1. The van der Waals surface area contributed by atoms with Crippen LogP contribution >= 0.6 is 0 Å². The Kier molecular flexibility index (Phi) is 7.70. The van der Waals surface area contributed by atoms with E-state index in [-0.39, 0.29) is 25.3 Å². The fourth-order valence-corrected chi connectivity index (χ4v) is 1.89. The quantitative estimate of drug-likeness (QED) is 0.483. The molecule has 1 unspecified atom stereocenters. The summed E-state index contributed by atoms with van der Waals surface area (Å²) in [6.45, 7) is -0.182. The molecule has 0 heterocycles. The molecule has 1 atom stereocenters. The number of carbonyl (C=O) groups excluding carboxylic acids is 2. The van der Waals surface area contributed by atoms with Crippen molar-refractivity contribution in [3.63, 3.8) is 0 Å². The van der Waals surface area contributed by atoms with Crippen molar-refractivity contribution in [2.75, 3.05) is 27.3 Å². The van der Waals surface area contributed by atoms with E-state index < -0.39 is 23.9 Å². The van der Waals surface area contributed by atoms with Crippen LogP contribution in [-0.4, -0.2) is 66.4 Å². The fraction of sp³-hybridized carbons (Fsp3) is 0.438. The number of aliphatic hydroxyl groups excluding tert-OH is 1. The van der Waals surface area contributed by atoms with Crippen LogP contribution in [0, 0.1) is 0 Å². The van der Waals surface area contributed by atoms with Gasteiger partial charge in [-0.15, -0.1) is 0 Å². The standard InChI is InChI=1S/C16H21NO7/c1-17(9-10-18)15(21)14(16(22)23-2)24-12-6-3-11(4-7-12)5-8-13(19)20/h3-4,6-7,14,18H,5,8-10H2,1-2H3,(H,19,20). The average molecular weight is 339 g/mol. The molecule has 24 heavy (non-hydrogen) atoms. The van der Waals surface area contributed by atoms with Crippen LogP contribution < -0.4 is 4.74 Å². The van der Waals surface area contributed by atoms with E-state index >= 15 is 0 Å². The molecule has 1 rings (SSSR count). The number of carboxylic acids is 1. The summed E-state index contributed by atoms with van der Waals surface area (Å²) in [4.78, 5) is 35.7. The minimum absolute atomic E-state index is 0.00936. The molecule has 0 saturated heterocycles. The Hall–Kier alpha value is -2.61. The number of aryl methyl sites for hydroxylation is 1. The number of likely N-dealkylation sites (N-methyl/N-ethyl adjacent to an activating group) is 1. The highest BCUT2D eigenvalue weighted by Gasteiger charge is 2.32. The van der Waals surface area contributed by atoms with Crippen molar-refractivity contribution in [2.24, 2.45) is 0 Å². The van der Waals surface area contributed by atoms with Crippen LogP contribution in [0.3, 0.4) is 0 Å². The average Bonchev–Trinajstić information content (AvgIpc) is 2.57. The molecule has 0 aromatic heterocycles. The van der Waals surface area contributed by atoms with Crippen molar-refractivity contribution in [1.29, 1.82) is 0 Å². The lowest BCUT2D eigenvalue weighted by molar-refractivity contribution is -0.157. The fourth-order valence-electron chi connectivity index (χ4n) is 1.89. The molecule has 0 fully saturated rings. The molecule has 0 bridgehead atoms. The van der Waals surface area contributed by atoms with Gasteiger partial charge in [-0.3, -0.25) is 9.59 Å². The predicted molar refractivity (Wildman–Crippen MR) is 83.6 cm³/mol. The van der Waals surface area contributed by atoms with E-state index in [1.54, 1.807) is 24.3 Å². The molecule has 2 N–H and O–H groups in total. The maximum atomic E-state index is 12.2. The van der Waals surface area contributed by atoms with E-state index in [0.717, 1.165) is 12.7 Å². The molecule has 0 radical (unpaired) electrons. The molecule has 8 nitrogen and oxygen atoms in total. The number of hydrogen-bond donors (Lipinski definition) is 2. The second-order valence-electron chi connectivity index (χ2n) is 5.04. The van der Waals surface area contributed by atoms with Crippen molar-refractivity contribution >= 4 is 17.8 Å². The number of aliphatic hydroxyl groups is 1. The van der Waals surface area contributed by atoms with E-state index in [2.05, 4.69) is 4.74 Å². The van der Waals surface area contributed by atoms with Gasteiger partial charge in [0.05, 0.1) is 13.7 Å². The van der Waals surface area contributed by atoms with Crippen LogP contribution in [0.25, 0.3) is 0 Å². The molecule has 132 valence electrons. The Labute approximate surface area is 139 Å².